The maximum atomic E-state index is 14.5. The number of ether oxygens (including phenoxy) is 6. The summed E-state index contributed by atoms with van der Waals surface area (Å²) >= 11 is 0. The fourth-order valence-electron chi connectivity index (χ4n) is 9.99. The molecule has 0 saturated carbocycles. The van der Waals surface area contributed by atoms with Gasteiger partial charge in [0.1, 0.15) is 24.7 Å². The topological polar surface area (TPSA) is 282 Å². The molecule has 0 aromatic heterocycles. The van der Waals surface area contributed by atoms with Crippen LogP contribution in [0.5, 0.6) is 0 Å². The molecule has 2 rings (SSSR count). The molecule has 1 aromatic rings. The van der Waals surface area contributed by atoms with E-state index in [1.54, 1.807) is 23.8 Å². The standard InChI is InChI=1S/C57H98N8O15/c1-16-37(7)50(64(12)55(72)48(35(3)4)62-54(71)49(36(5)6)63(10)11)44(75-13)32-46(68)65-29-21-25-43(65)51(77-15)38(8)52(69)61-42(31-40-23-19-18-20-24-40)53(70)58-27-22-30-78-56(73)39(9)60-45(67)26-28-59-57(74)79-34-41(17-2)80-47(33-66)76-14/h18-20,23-24,35-39,41-44,47-51,66H,16-17,21-22,25-34H2,1-15H3,(H,58,70)(H,59,74)(H,60,67)(H,61,69)(H,62,71)/t37-,38+,39-,41?,42-,43-,44+,47?,48-,49-,50-,51+/m0/s1. The quantitative estimate of drug-likeness (QED) is 0.0317. The molecule has 7 amide bonds. The van der Waals surface area contributed by atoms with Gasteiger partial charge in [-0.25, -0.2) is 9.59 Å². The van der Waals surface area contributed by atoms with Gasteiger partial charge in [0, 0.05) is 60.9 Å². The number of rotatable bonds is 37. The van der Waals surface area contributed by atoms with Crippen LogP contribution in [-0.2, 0) is 68.4 Å². The number of carbonyl (C=O) groups excluding carboxylic acids is 8. The summed E-state index contributed by atoms with van der Waals surface area (Å²) in [5, 5.41) is 23.0. The van der Waals surface area contributed by atoms with Crippen LogP contribution in [0.4, 0.5) is 4.79 Å². The predicted octanol–water partition coefficient (Wildman–Crippen LogP) is 2.79. The van der Waals surface area contributed by atoms with Gasteiger partial charge in [0.15, 0.2) is 6.29 Å². The average molecular weight is 1140 g/mol. The molecule has 2 unspecified atom stereocenters. The summed E-state index contributed by atoms with van der Waals surface area (Å²) in [6.07, 6.45) is -1.01. The Morgan fingerprint density at radius 2 is 1.45 bits per heavy atom. The van der Waals surface area contributed by atoms with Crippen LogP contribution < -0.4 is 26.6 Å². The first kappa shape index (κ1) is 70.6. The molecule has 0 radical (unpaired) electrons. The van der Waals surface area contributed by atoms with Crippen LogP contribution in [0.25, 0.3) is 0 Å². The highest BCUT2D eigenvalue weighted by molar-refractivity contribution is 5.91. The molecule has 1 aliphatic rings. The lowest BCUT2D eigenvalue weighted by Crippen LogP contribution is -2.59. The number of aliphatic hydroxyl groups is 1. The number of aliphatic hydroxyl groups excluding tert-OH is 1. The van der Waals surface area contributed by atoms with Crippen LogP contribution in [0, 0.1) is 23.7 Å². The van der Waals surface area contributed by atoms with Crippen molar-refractivity contribution in [1.82, 2.24) is 41.3 Å². The molecular weight excluding hydrogens is 1040 g/mol. The van der Waals surface area contributed by atoms with Gasteiger partial charge in [0.25, 0.3) is 0 Å². The Bertz CT molecular complexity index is 2060. The van der Waals surface area contributed by atoms with Crippen molar-refractivity contribution in [3.8, 4) is 0 Å². The molecular formula is C57H98N8O15. The second-order valence-electron chi connectivity index (χ2n) is 21.6. The monoisotopic (exact) mass is 1130 g/mol. The summed E-state index contributed by atoms with van der Waals surface area (Å²) in [6, 6.07) is 4.93. The molecule has 6 N–H and O–H groups in total. The Hall–Kier alpha value is -5.46. The van der Waals surface area contributed by atoms with E-state index in [4.69, 9.17) is 28.4 Å². The van der Waals surface area contributed by atoms with Crippen molar-refractivity contribution in [2.24, 2.45) is 23.7 Å². The van der Waals surface area contributed by atoms with Crippen LogP contribution in [0.15, 0.2) is 30.3 Å². The molecule has 1 saturated heterocycles. The van der Waals surface area contributed by atoms with Crippen LogP contribution in [0.1, 0.15) is 113 Å². The zero-order valence-corrected chi connectivity index (χ0v) is 50.4. The molecule has 23 heteroatoms. The van der Waals surface area contributed by atoms with E-state index in [-0.39, 0.29) is 94.1 Å². The third-order valence-electron chi connectivity index (χ3n) is 14.7. The van der Waals surface area contributed by atoms with Crippen molar-refractivity contribution < 1.29 is 71.9 Å². The normalized spacial score (nSPS) is 17.6. The van der Waals surface area contributed by atoms with Crippen LogP contribution in [-0.4, -0.2) is 210 Å². The van der Waals surface area contributed by atoms with Crippen molar-refractivity contribution in [3.63, 3.8) is 0 Å². The summed E-state index contributed by atoms with van der Waals surface area (Å²) in [5.41, 5.74) is 0.799. The molecule has 80 heavy (non-hydrogen) atoms. The summed E-state index contributed by atoms with van der Waals surface area (Å²) in [5.74, 6) is -4.00. The summed E-state index contributed by atoms with van der Waals surface area (Å²) in [7, 11) is 9.77. The van der Waals surface area contributed by atoms with Crippen LogP contribution in [0.3, 0.4) is 0 Å². The largest absolute Gasteiger partial charge is 0.464 e. The highest BCUT2D eigenvalue weighted by Gasteiger charge is 2.44. The number of amides is 7. The van der Waals surface area contributed by atoms with Crippen molar-refractivity contribution >= 4 is 47.5 Å². The van der Waals surface area contributed by atoms with Crippen molar-refractivity contribution in [2.45, 2.75) is 175 Å². The van der Waals surface area contributed by atoms with E-state index in [0.29, 0.717) is 32.2 Å². The summed E-state index contributed by atoms with van der Waals surface area (Å²) in [4.78, 5) is 113. The zero-order valence-electron chi connectivity index (χ0n) is 50.4. The van der Waals surface area contributed by atoms with Gasteiger partial charge in [-0.1, -0.05) is 92.1 Å². The number of nitrogens with zero attached hydrogens (tertiary/aromatic N) is 3. The molecule has 1 aromatic carbocycles. The number of methoxy groups -OCH3 is 3. The van der Waals surface area contributed by atoms with Gasteiger partial charge in [-0.3, -0.25) is 33.7 Å². The first-order valence-electron chi connectivity index (χ1n) is 28.3. The van der Waals surface area contributed by atoms with E-state index >= 15 is 0 Å². The Morgan fingerprint density at radius 1 is 0.775 bits per heavy atom. The molecule has 12 atom stereocenters. The molecule has 456 valence electrons. The van der Waals surface area contributed by atoms with E-state index in [2.05, 4.69) is 26.6 Å². The minimum atomic E-state index is -1.00. The van der Waals surface area contributed by atoms with Crippen LogP contribution in [0.2, 0.25) is 0 Å². The number of likely N-dealkylation sites (tertiary alicyclic amines) is 1. The second-order valence-corrected chi connectivity index (χ2v) is 21.6. The molecule has 1 heterocycles. The number of hydrogen-bond donors (Lipinski definition) is 6. The highest BCUT2D eigenvalue weighted by atomic mass is 16.7. The number of hydrogen-bond acceptors (Lipinski definition) is 16. The highest BCUT2D eigenvalue weighted by Crippen LogP contribution is 2.30. The van der Waals surface area contributed by atoms with E-state index < -0.39 is 96.6 Å². The Morgan fingerprint density at radius 3 is 2.01 bits per heavy atom. The summed E-state index contributed by atoms with van der Waals surface area (Å²) in [6.45, 7) is 16.6. The fraction of sp³-hybridized carbons (Fsp3) is 0.754. The van der Waals surface area contributed by atoms with Gasteiger partial charge in [-0.05, 0) is 70.0 Å². The van der Waals surface area contributed by atoms with E-state index in [0.717, 1.165) is 5.56 Å². The number of likely N-dealkylation sites (N-methyl/N-ethyl adjacent to an activating group) is 2. The van der Waals surface area contributed by atoms with E-state index in [9.17, 15) is 43.5 Å². The van der Waals surface area contributed by atoms with Crippen molar-refractivity contribution in [3.05, 3.63) is 35.9 Å². The Kier molecular flexibility index (Phi) is 32.5. The molecule has 23 nitrogen and oxygen atoms in total. The first-order valence-corrected chi connectivity index (χ1v) is 28.3. The molecule has 1 fully saturated rings. The van der Waals surface area contributed by atoms with E-state index in [1.807, 2.05) is 97.8 Å². The van der Waals surface area contributed by atoms with Gasteiger partial charge in [0.2, 0.25) is 35.4 Å². The van der Waals surface area contributed by atoms with Gasteiger partial charge in [0.05, 0.1) is 62.0 Å². The Balaban J connectivity index is 2.07. The predicted molar refractivity (Wildman–Crippen MR) is 300 cm³/mol. The van der Waals surface area contributed by atoms with E-state index in [1.165, 1.54) is 28.3 Å². The van der Waals surface area contributed by atoms with Gasteiger partial charge in [-0.2, -0.15) is 0 Å². The molecule has 0 bridgehead atoms. The summed E-state index contributed by atoms with van der Waals surface area (Å²) < 4.78 is 33.0. The fourth-order valence-corrected chi connectivity index (χ4v) is 9.99. The van der Waals surface area contributed by atoms with Gasteiger partial charge >= 0.3 is 12.1 Å². The van der Waals surface area contributed by atoms with Crippen molar-refractivity contribution in [1.29, 1.82) is 0 Å². The SMILES string of the molecule is CCC(COC(=O)NCCC(=O)N[C@@H](C)C(=O)OCCCNC(=O)[C@H](Cc1ccccc1)NC(=O)[C@H](C)[C@@H](OC)[C@@H]1CCCN1C(=O)C[C@@H](OC)[C@H]([C@@H](C)CC)N(C)C(=O)[C@@H](NC(=O)[C@H](C(C)C)N(C)C)C(C)C)OC(CO)OC. The molecule has 1 aliphatic heterocycles. The lowest BCUT2D eigenvalue weighted by Gasteiger charge is -2.41. The number of carbonyl (C=O) groups is 8. The van der Waals surface area contributed by atoms with Gasteiger partial charge < -0.3 is 69.9 Å². The van der Waals surface area contributed by atoms with Crippen LogP contribution >= 0.6 is 0 Å². The lowest BCUT2D eigenvalue weighted by atomic mass is 9.89. The maximum Gasteiger partial charge on any atom is 0.407 e. The smallest absolute Gasteiger partial charge is 0.407 e. The minimum absolute atomic E-state index is 0.00404. The third kappa shape index (κ3) is 22.8. The molecule has 0 aliphatic carbocycles. The number of benzene rings is 1. The minimum Gasteiger partial charge on any atom is -0.464 e. The maximum absolute atomic E-state index is 14.5. The third-order valence-corrected chi connectivity index (χ3v) is 14.7. The average Bonchev–Trinajstić information content (AvgIpc) is 3.92. The second kappa shape index (κ2) is 36.8. The first-order chi connectivity index (χ1) is 37.9. The lowest BCUT2D eigenvalue weighted by molar-refractivity contribution is -0.181. The zero-order chi connectivity index (χ0) is 60.2. The Labute approximate surface area is 475 Å². The number of esters is 1. The van der Waals surface area contributed by atoms with Crippen molar-refractivity contribution in [2.75, 3.05) is 81.9 Å². The number of alkyl carbamates (subject to hydrolysis) is 1. The van der Waals surface area contributed by atoms with Gasteiger partial charge in [-0.15, -0.1) is 0 Å². The molecule has 0 spiro atoms. The number of nitrogens with one attached hydrogen (secondary N) is 5.